The van der Waals surface area contributed by atoms with Gasteiger partial charge in [-0.3, -0.25) is 4.79 Å². The first-order valence-electron chi connectivity index (χ1n) is 9.98. The van der Waals surface area contributed by atoms with Crippen molar-refractivity contribution in [2.75, 3.05) is 6.79 Å². The van der Waals surface area contributed by atoms with E-state index in [0.29, 0.717) is 32.9 Å². The van der Waals surface area contributed by atoms with Gasteiger partial charge in [-0.15, -0.1) is 0 Å². The fourth-order valence-electron chi connectivity index (χ4n) is 3.17. The van der Waals surface area contributed by atoms with Crippen LogP contribution in [0, 0.1) is 11.3 Å². The Kier molecular flexibility index (Phi) is 7.04. The average molecular weight is 481 g/mol. The van der Waals surface area contributed by atoms with Crippen LogP contribution in [0.5, 0.6) is 17.2 Å². The van der Waals surface area contributed by atoms with Crippen LogP contribution in [-0.2, 0) is 17.9 Å². The molecule has 166 valence electrons. The number of rotatable bonds is 7. The normalized spacial score (nSPS) is 12.2. The first-order valence-corrected chi connectivity index (χ1v) is 10.7. The quantitative estimate of drug-likeness (QED) is 0.355. The molecule has 1 aliphatic heterocycles. The van der Waals surface area contributed by atoms with Crippen LogP contribution in [0.1, 0.15) is 16.7 Å². The van der Waals surface area contributed by atoms with E-state index < -0.39 is 5.91 Å². The number of nitrogens with one attached hydrogen (secondary N) is 1. The minimum absolute atomic E-state index is 0.0828. The van der Waals surface area contributed by atoms with Crippen molar-refractivity contribution in [2.45, 2.75) is 13.2 Å². The highest BCUT2D eigenvalue weighted by atomic mass is 35.5. The maximum absolute atomic E-state index is 12.7. The fraction of sp³-hybridized carbons (Fsp3) is 0.120. The Labute approximate surface area is 200 Å². The lowest BCUT2D eigenvalue weighted by atomic mass is 10.1. The molecule has 0 aliphatic carbocycles. The van der Waals surface area contributed by atoms with Crippen molar-refractivity contribution in [1.82, 2.24) is 5.32 Å². The third-order valence-electron chi connectivity index (χ3n) is 4.87. The molecule has 3 aromatic carbocycles. The SMILES string of the molecule is N#C/C(=C\c1cc(Cl)ccc1OCc1ccccc1Cl)C(=O)NCc1ccc2c(c1)OCO2. The molecule has 3 aromatic rings. The molecule has 0 bridgehead atoms. The summed E-state index contributed by atoms with van der Waals surface area (Å²) in [6.07, 6.45) is 1.45. The molecule has 0 spiro atoms. The molecule has 4 rings (SSSR count). The lowest BCUT2D eigenvalue weighted by molar-refractivity contribution is -0.117. The standard InChI is InChI=1S/C25H18Cl2N2O4/c26-20-6-8-22(31-14-17-3-1-2-4-21(17)27)18(11-20)10-19(12-28)25(30)29-13-16-5-7-23-24(9-16)33-15-32-23/h1-11H,13-15H2,(H,29,30)/b19-10+. The van der Waals surface area contributed by atoms with Gasteiger partial charge in [0.15, 0.2) is 11.5 Å². The largest absolute Gasteiger partial charge is 0.488 e. The Morgan fingerprint density at radius 3 is 2.73 bits per heavy atom. The molecule has 1 aliphatic rings. The Balaban J connectivity index is 1.48. The van der Waals surface area contributed by atoms with Crippen LogP contribution in [0.25, 0.3) is 6.08 Å². The number of ether oxygens (including phenoxy) is 3. The van der Waals surface area contributed by atoms with E-state index in [2.05, 4.69) is 5.32 Å². The minimum Gasteiger partial charge on any atom is -0.488 e. The zero-order valence-corrected chi connectivity index (χ0v) is 18.8. The molecule has 0 saturated carbocycles. The van der Waals surface area contributed by atoms with Gasteiger partial charge in [0.05, 0.1) is 0 Å². The van der Waals surface area contributed by atoms with E-state index in [-0.39, 0.29) is 25.5 Å². The second kappa shape index (κ2) is 10.3. The number of fused-ring (bicyclic) bond motifs is 1. The molecule has 1 heterocycles. The highest BCUT2D eigenvalue weighted by Crippen LogP contribution is 2.32. The highest BCUT2D eigenvalue weighted by molar-refractivity contribution is 6.31. The number of carbonyl (C=O) groups excluding carboxylic acids is 1. The number of amides is 1. The number of benzene rings is 3. The van der Waals surface area contributed by atoms with Crippen molar-refractivity contribution < 1.29 is 19.0 Å². The predicted molar refractivity (Wildman–Crippen MR) is 125 cm³/mol. The highest BCUT2D eigenvalue weighted by Gasteiger charge is 2.15. The zero-order chi connectivity index (χ0) is 23.2. The van der Waals surface area contributed by atoms with Gasteiger partial charge in [0, 0.05) is 27.7 Å². The smallest absolute Gasteiger partial charge is 0.262 e. The topological polar surface area (TPSA) is 80.6 Å². The summed E-state index contributed by atoms with van der Waals surface area (Å²) in [6, 6.07) is 19.7. The summed E-state index contributed by atoms with van der Waals surface area (Å²) in [4.78, 5) is 12.7. The molecule has 1 amide bonds. The van der Waals surface area contributed by atoms with Crippen LogP contribution < -0.4 is 19.5 Å². The van der Waals surface area contributed by atoms with Crippen molar-refractivity contribution in [3.05, 3.63) is 93.0 Å². The fourth-order valence-corrected chi connectivity index (χ4v) is 3.54. The first-order chi connectivity index (χ1) is 16.0. The Hall–Kier alpha value is -3.66. The molecule has 0 atom stereocenters. The first kappa shape index (κ1) is 22.5. The second-order valence-corrected chi connectivity index (χ2v) is 7.95. The van der Waals surface area contributed by atoms with Crippen LogP contribution >= 0.6 is 23.2 Å². The van der Waals surface area contributed by atoms with E-state index in [4.69, 9.17) is 37.4 Å². The molecule has 0 unspecified atom stereocenters. The molecular formula is C25H18Cl2N2O4. The maximum atomic E-state index is 12.7. The zero-order valence-electron chi connectivity index (χ0n) is 17.3. The van der Waals surface area contributed by atoms with Gasteiger partial charge in [-0.1, -0.05) is 47.5 Å². The monoisotopic (exact) mass is 480 g/mol. The van der Waals surface area contributed by atoms with Gasteiger partial charge >= 0.3 is 0 Å². The van der Waals surface area contributed by atoms with Gasteiger partial charge in [-0.2, -0.15) is 5.26 Å². The molecule has 1 N–H and O–H groups in total. The third-order valence-corrected chi connectivity index (χ3v) is 5.47. The number of hydrogen-bond donors (Lipinski definition) is 1. The van der Waals surface area contributed by atoms with Crippen molar-refractivity contribution in [3.63, 3.8) is 0 Å². The van der Waals surface area contributed by atoms with Gasteiger partial charge in [0.25, 0.3) is 5.91 Å². The Morgan fingerprint density at radius 1 is 1.09 bits per heavy atom. The van der Waals surface area contributed by atoms with Gasteiger partial charge in [-0.25, -0.2) is 0 Å². The lowest BCUT2D eigenvalue weighted by Gasteiger charge is -2.11. The molecule has 33 heavy (non-hydrogen) atoms. The van der Waals surface area contributed by atoms with E-state index in [1.807, 2.05) is 30.3 Å². The molecule has 0 radical (unpaired) electrons. The van der Waals surface area contributed by atoms with Gasteiger partial charge < -0.3 is 19.5 Å². The molecule has 0 saturated heterocycles. The Morgan fingerprint density at radius 2 is 1.91 bits per heavy atom. The number of nitriles is 1. The van der Waals surface area contributed by atoms with Crippen LogP contribution in [-0.4, -0.2) is 12.7 Å². The van der Waals surface area contributed by atoms with Gasteiger partial charge in [0.2, 0.25) is 6.79 Å². The lowest BCUT2D eigenvalue weighted by Crippen LogP contribution is -2.23. The van der Waals surface area contributed by atoms with Crippen molar-refractivity contribution >= 4 is 35.2 Å². The van der Waals surface area contributed by atoms with E-state index in [1.54, 1.807) is 36.4 Å². The summed E-state index contributed by atoms with van der Waals surface area (Å²) in [6.45, 7) is 0.618. The maximum Gasteiger partial charge on any atom is 0.262 e. The van der Waals surface area contributed by atoms with Crippen LogP contribution in [0.4, 0.5) is 0 Å². The summed E-state index contributed by atoms with van der Waals surface area (Å²) in [7, 11) is 0. The van der Waals surface area contributed by atoms with Crippen molar-refractivity contribution in [3.8, 4) is 23.3 Å². The van der Waals surface area contributed by atoms with Crippen LogP contribution in [0.3, 0.4) is 0 Å². The number of carbonyl (C=O) groups is 1. The summed E-state index contributed by atoms with van der Waals surface area (Å²) >= 11 is 12.3. The van der Waals surface area contributed by atoms with Gasteiger partial charge in [0.1, 0.15) is 24.0 Å². The number of hydrogen-bond acceptors (Lipinski definition) is 5. The minimum atomic E-state index is -0.521. The second-order valence-electron chi connectivity index (χ2n) is 7.10. The number of halogens is 2. The number of nitrogens with zero attached hydrogens (tertiary/aromatic N) is 1. The van der Waals surface area contributed by atoms with Crippen molar-refractivity contribution in [2.24, 2.45) is 0 Å². The summed E-state index contributed by atoms with van der Waals surface area (Å²) < 4.78 is 16.5. The molecule has 0 aromatic heterocycles. The molecule has 0 fully saturated rings. The summed E-state index contributed by atoms with van der Waals surface area (Å²) in [5.41, 5.74) is 2.05. The Bertz CT molecular complexity index is 1270. The van der Waals surface area contributed by atoms with Gasteiger partial charge in [-0.05, 0) is 48.0 Å². The van der Waals surface area contributed by atoms with E-state index in [1.165, 1.54) is 6.08 Å². The van der Waals surface area contributed by atoms with Crippen LogP contribution in [0.2, 0.25) is 10.0 Å². The molecule has 8 heteroatoms. The molecule has 6 nitrogen and oxygen atoms in total. The molecular weight excluding hydrogens is 463 g/mol. The van der Waals surface area contributed by atoms with E-state index >= 15 is 0 Å². The van der Waals surface area contributed by atoms with E-state index in [0.717, 1.165) is 11.1 Å². The van der Waals surface area contributed by atoms with E-state index in [9.17, 15) is 10.1 Å². The summed E-state index contributed by atoms with van der Waals surface area (Å²) in [5.74, 6) is 1.23. The van der Waals surface area contributed by atoms with Crippen molar-refractivity contribution in [1.29, 1.82) is 5.26 Å². The average Bonchev–Trinajstić information content (AvgIpc) is 3.29. The van der Waals surface area contributed by atoms with Crippen LogP contribution in [0.15, 0.2) is 66.2 Å². The third kappa shape index (κ3) is 5.58. The predicted octanol–water partition coefficient (Wildman–Crippen LogP) is 5.52. The summed E-state index contributed by atoms with van der Waals surface area (Å²) in [5, 5.41) is 13.4.